The lowest BCUT2D eigenvalue weighted by Gasteiger charge is -2.17. The number of nitrogens with one attached hydrogen (secondary N) is 1. The molecule has 18 heavy (non-hydrogen) atoms. The maximum absolute atomic E-state index is 13.6. The van der Waals surface area contributed by atoms with E-state index in [0.717, 1.165) is 12.8 Å². The lowest BCUT2D eigenvalue weighted by molar-refractivity contribution is -0.122. The first-order valence-corrected chi connectivity index (χ1v) is 6.07. The summed E-state index contributed by atoms with van der Waals surface area (Å²) in [5.74, 6) is -0.348. The van der Waals surface area contributed by atoms with Crippen molar-refractivity contribution in [3.63, 3.8) is 0 Å². The van der Waals surface area contributed by atoms with Gasteiger partial charge in [0.25, 0.3) is 0 Å². The number of amides is 1. The number of nitrogen functional groups attached to an aromatic ring is 1. The quantitative estimate of drug-likeness (QED) is 0.771. The highest BCUT2D eigenvalue weighted by Gasteiger charge is 2.23. The molecular formula is C13H18FN3O. The zero-order valence-electron chi connectivity index (χ0n) is 10.4. The van der Waals surface area contributed by atoms with Crippen molar-refractivity contribution < 1.29 is 9.18 Å². The lowest BCUT2D eigenvalue weighted by atomic mass is 10.1. The first-order valence-electron chi connectivity index (χ1n) is 6.07. The predicted molar refractivity (Wildman–Crippen MR) is 68.3 cm³/mol. The zero-order chi connectivity index (χ0) is 13.1. The van der Waals surface area contributed by atoms with Gasteiger partial charge >= 0.3 is 0 Å². The summed E-state index contributed by atoms with van der Waals surface area (Å²) >= 11 is 0. The summed E-state index contributed by atoms with van der Waals surface area (Å²) in [6.07, 6.45) is 2.13. The summed E-state index contributed by atoms with van der Waals surface area (Å²) in [6.45, 7) is 0.584. The molecule has 1 aliphatic carbocycles. The molecule has 4 nitrogen and oxygen atoms in total. The maximum Gasteiger partial charge on any atom is 0.234 e. The molecule has 1 aromatic rings. The molecule has 5 heteroatoms. The van der Waals surface area contributed by atoms with Crippen LogP contribution in [0.2, 0.25) is 0 Å². The van der Waals surface area contributed by atoms with Crippen molar-refractivity contribution in [3.8, 4) is 0 Å². The van der Waals surface area contributed by atoms with Crippen molar-refractivity contribution in [2.45, 2.75) is 25.4 Å². The lowest BCUT2D eigenvalue weighted by Crippen LogP contribution is -2.36. The minimum absolute atomic E-state index is 0.0186. The SMILES string of the molecule is CN(CC(=O)NC1CC1)Cc1c(N)cccc1F. The fraction of sp³-hybridized carbons (Fsp3) is 0.462. The van der Waals surface area contributed by atoms with E-state index >= 15 is 0 Å². The summed E-state index contributed by atoms with van der Waals surface area (Å²) in [6, 6.07) is 4.97. The third-order valence-electron chi connectivity index (χ3n) is 2.94. The van der Waals surface area contributed by atoms with Gasteiger partial charge in [-0.25, -0.2) is 4.39 Å². The predicted octanol–water partition coefficient (Wildman–Crippen LogP) is 1.12. The molecule has 0 unspecified atom stereocenters. The molecule has 1 fully saturated rings. The van der Waals surface area contributed by atoms with Gasteiger partial charge in [0.2, 0.25) is 5.91 Å². The second-order valence-electron chi connectivity index (χ2n) is 4.82. The molecule has 98 valence electrons. The molecule has 1 saturated carbocycles. The van der Waals surface area contributed by atoms with Crippen LogP contribution in [-0.4, -0.2) is 30.4 Å². The zero-order valence-corrected chi connectivity index (χ0v) is 10.4. The van der Waals surface area contributed by atoms with Crippen molar-refractivity contribution in [2.75, 3.05) is 19.3 Å². The van der Waals surface area contributed by atoms with Gasteiger partial charge in [-0.05, 0) is 32.0 Å². The molecule has 3 N–H and O–H groups in total. The van der Waals surface area contributed by atoms with Gasteiger partial charge in [0, 0.05) is 23.8 Å². The molecule has 1 amide bonds. The third-order valence-corrected chi connectivity index (χ3v) is 2.94. The molecule has 0 bridgehead atoms. The van der Waals surface area contributed by atoms with Crippen LogP contribution in [0.15, 0.2) is 18.2 Å². The van der Waals surface area contributed by atoms with Gasteiger partial charge in [-0.2, -0.15) is 0 Å². The van der Waals surface area contributed by atoms with E-state index in [9.17, 15) is 9.18 Å². The fourth-order valence-electron chi connectivity index (χ4n) is 1.81. The second-order valence-corrected chi connectivity index (χ2v) is 4.82. The molecule has 0 aliphatic heterocycles. The van der Waals surface area contributed by atoms with E-state index < -0.39 is 0 Å². The molecule has 0 radical (unpaired) electrons. The Kier molecular flexibility index (Phi) is 3.81. The number of likely N-dealkylation sites (N-methyl/N-ethyl adjacent to an activating group) is 1. The number of benzene rings is 1. The van der Waals surface area contributed by atoms with Crippen LogP contribution in [0.25, 0.3) is 0 Å². The van der Waals surface area contributed by atoms with Crippen LogP contribution in [0, 0.1) is 5.82 Å². The molecule has 0 heterocycles. The summed E-state index contributed by atoms with van der Waals surface area (Å²) in [4.78, 5) is 13.3. The Morgan fingerprint density at radius 2 is 2.28 bits per heavy atom. The minimum Gasteiger partial charge on any atom is -0.398 e. The highest BCUT2D eigenvalue weighted by Crippen LogP contribution is 2.19. The summed E-state index contributed by atoms with van der Waals surface area (Å²) in [5.41, 5.74) is 6.59. The number of anilines is 1. The summed E-state index contributed by atoms with van der Waals surface area (Å²) in [7, 11) is 1.78. The van der Waals surface area contributed by atoms with Gasteiger partial charge in [-0.15, -0.1) is 0 Å². The van der Waals surface area contributed by atoms with Crippen molar-refractivity contribution in [2.24, 2.45) is 0 Å². The van der Waals surface area contributed by atoms with Gasteiger partial charge in [-0.3, -0.25) is 9.69 Å². The number of hydrogen-bond donors (Lipinski definition) is 2. The van der Waals surface area contributed by atoms with Crippen molar-refractivity contribution in [1.82, 2.24) is 10.2 Å². The maximum atomic E-state index is 13.6. The summed E-state index contributed by atoms with van der Waals surface area (Å²) < 4.78 is 13.6. The Bertz CT molecular complexity index is 426. The summed E-state index contributed by atoms with van der Waals surface area (Å²) in [5, 5.41) is 2.89. The number of nitrogens with zero attached hydrogens (tertiary/aromatic N) is 1. The topological polar surface area (TPSA) is 58.4 Å². The van der Waals surface area contributed by atoms with E-state index in [2.05, 4.69) is 5.32 Å². The minimum atomic E-state index is -0.329. The average Bonchev–Trinajstić information content (AvgIpc) is 3.07. The highest BCUT2D eigenvalue weighted by atomic mass is 19.1. The third kappa shape index (κ3) is 3.43. The Balaban J connectivity index is 1.89. The van der Waals surface area contributed by atoms with E-state index in [1.165, 1.54) is 6.07 Å². The standard InChI is InChI=1S/C13H18FN3O/c1-17(8-13(18)16-9-5-6-9)7-10-11(14)3-2-4-12(10)15/h2-4,9H,5-8,15H2,1H3,(H,16,18). The van der Waals surface area contributed by atoms with Gasteiger partial charge in [0.05, 0.1) is 6.54 Å². The molecular weight excluding hydrogens is 233 g/mol. The molecule has 0 spiro atoms. The molecule has 1 aromatic carbocycles. The van der Waals surface area contributed by atoms with E-state index in [0.29, 0.717) is 23.8 Å². The van der Waals surface area contributed by atoms with Crippen LogP contribution in [0.3, 0.4) is 0 Å². The van der Waals surface area contributed by atoms with Crippen LogP contribution < -0.4 is 11.1 Å². The molecule has 2 rings (SSSR count). The van der Waals surface area contributed by atoms with Crippen molar-refractivity contribution in [1.29, 1.82) is 0 Å². The monoisotopic (exact) mass is 251 g/mol. The van der Waals surface area contributed by atoms with Gasteiger partial charge in [0.15, 0.2) is 0 Å². The Hall–Kier alpha value is -1.62. The second kappa shape index (κ2) is 5.35. The van der Waals surface area contributed by atoms with E-state index in [-0.39, 0.29) is 18.3 Å². The number of hydrogen-bond acceptors (Lipinski definition) is 3. The smallest absolute Gasteiger partial charge is 0.234 e. The average molecular weight is 251 g/mol. The number of carbonyl (C=O) groups is 1. The Labute approximate surface area is 106 Å². The van der Waals surface area contributed by atoms with Crippen LogP contribution in [0.4, 0.5) is 10.1 Å². The van der Waals surface area contributed by atoms with Gasteiger partial charge in [0.1, 0.15) is 5.82 Å². The Morgan fingerprint density at radius 1 is 1.56 bits per heavy atom. The first kappa shape index (κ1) is 12.8. The first-order chi connectivity index (χ1) is 8.56. The van der Waals surface area contributed by atoms with Crippen LogP contribution in [0.5, 0.6) is 0 Å². The fourth-order valence-corrected chi connectivity index (χ4v) is 1.81. The molecule has 0 saturated heterocycles. The Morgan fingerprint density at radius 3 is 2.89 bits per heavy atom. The van der Waals surface area contributed by atoms with Crippen LogP contribution >= 0.6 is 0 Å². The number of halogens is 1. The van der Waals surface area contributed by atoms with E-state index in [4.69, 9.17) is 5.73 Å². The number of nitrogens with two attached hydrogens (primary N) is 1. The van der Waals surface area contributed by atoms with Crippen LogP contribution in [0.1, 0.15) is 18.4 Å². The largest absolute Gasteiger partial charge is 0.398 e. The van der Waals surface area contributed by atoms with Crippen LogP contribution in [-0.2, 0) is 11.3 Å². The molecule has 0 atom stereocenters. The van der Waals surface area contributed by atoms with Crippen molar-refractivity contribution >= 4 is 11.6 Å². The number of carbonyl (C=O) groups excluding carboxylic acids is 1. The number of rotatable bonds is 5. The normalized spacial score (nSPS) is 14.8. The van der Waals surface area contributed by atoms with E-state index in [1.54, 1.807) is 24.1 Å². The molecule has 1 aliphatic rings. The van der Waals surface area contributed by atoms with Gasteiger partial charge < -0.3 is 11.1 Å². The highest BCUT2D eigenvalue weighted by molar-refractivity contribution is 5.78. The molecule has 0 aromatic heterocycles. The van der Waals surface area contributed by atoms with Crippen molar-refractivity contribution in [3.05, 3.63) is 29.6 Å². The van der Waals surface area contributed by atoms with Gasteiger partial charge in [-0.1, -0.05) is 6.07 Å². The van der Waals surface area contributed by atoms with E-state index in [1.807, 2.05) is 0 Å².